The van der Waals surface area contributed by atoms with Crippen LogP contribution in [0.2, 0.25) is 0 Å². The van der Waals surface area contributed by atoms with Crippen LogP contribution in [0.25, 0.3) is 0 Å². The highest BCUT2D eigenvalue weighted by Gasteiger charge is 2.38. The normalized spacial score (nSPS) is 23.4. The van der Waals surface area contributed by atoms with Gasteiger partial charge in [-0.25, -0.2) is 8.42 Å². The van der Waals surface area contributed by atoms with Crippen LogP contribution in [0.4, 0.5) is 0 Å². The van der Waals surface area contributed by atoms with Crippen LogP contribution in [0.15, 0.2) is 30.3 Å². The van der Waals surface area contributed by atoms with Crippen molar-refractivity contribution in [2.24, 2.45) is 0 Å². The highest BCUT2D eigenvalue weighted by atomic mass is 32.2. The first-order valence-corrected chi connectivity index (χ1v) is 8.37. The summed E-state index contributed by atoms with van der Waals surface area (Å²) in [5, 5.41) is -0.951. The molecule has 2 rings (SSSR count). The van der Waals surface area contributed by atoms with Crippen molar-refractivity contribution in [2.45, 2.75) is 11.7 Å². The molecule has 0 N–H and O–H groups in total. The van der Waals surface area contributed by atoms with Crippen molar-refractivity contribution in [3.63, 3.8) is 0 Å². The molecule has 1 heterocycles. The summed E-state index contributed by atoms with van der Waals surface area (Å²) in [7, 11) is -7.09. The van der Waals surface area contributed by atoms with E-state index >= 15 is 0 Å². The number of sulfone groups is 1. The lowest BCUT2D eigenvalue weighted by atomic mass is 10.3. The molecule has 0 unspecified atom stereocenters. The Morgan fingerprint density at radius 1 is 1.18 bits per heavy atom. The monoisotopic (exact) mass is 276 g/mol. The number of para-hydroxylation sites is 1. The minimum Gasteiger partial charge on any atom is -0.382 e. The number of hydrogen-bond acceptors (Lipinski definition) is 5. The van der Waals surface area contributed by atoms with Crippen molar-refractivity contribution in [1.82, 2.24) is 0 Å². The van der Waals surface area contributed by atoms with E-state index in [1.165, 1.54) is 12.1 Å². The van der Waals surface area contributed by atoms with Gasteiger partial charge in [-0.2, -0.15) is 8.42 Å². The Bertz CT molecular complexity index is 589. The van der Waals surface area contributed by atoms with Crippen molar-refractivity contribution in [3.8, 4) is 5.75 Å². The Hall–Kier alpha value is -1.08. The third kappa shape index (κ3) is 2.98. The van der Waals surface area contributed by atoms with E-state index in [-0.39, 0.29) is 23.7 Å². The van der Waals surface area contributed by atoms with E-state index in [1.54, 1.807) is 18.2 Å². The van der Waals surface area contributed by atoms with Crippen molar-refractivity contribution >= 4 is 20.0 Å². The summed E-state index contributed by atoms with van der Waals surface area (Å²) in [6, 6.07) is 8.06. The van der Waals surface area contributed by atoms with Gasteiger partial charge < -0.3 is 4.18 Å². The molecule has 0 spiro atoms. The fourth-order valence-corrected chi connectivity index (χ4v) is 5.57. The van der Waals surface area contributed by atoms with Crippen LogP contribution in [0.3, 0.4) is 0 Å². The molecule has 0 aliphatic carbocycles. The van der Waals surface area contributed by atoms with Crippen LogP contribution in [-0.4, -0.2) is 33.6 Å². The largest absolute Gasteiger partial charge is 0.382 e. The van der Waals surface area contributed by atoms with Gasteiger partial charge in [0.15, 0.2) is 9.84 Å². The van der Waals surface area contributed by atoms with Crippen LogP contribution in [-0.2, 0) is 20.0 Å². The SMILES string of the molecule is O=S1(=O)CC[C@H](S(=O)(=O)Oc2ccccc2)C1. The third-order valence-electron chi connectivity index (χ3n) is 2.55. The Labute approximate surface area is 100 Å². The summed E-state index contributed by atoms with van der Waals surface area (Å²) in [6.07, 6.45) is 0.109. The van der Waals surface area contributed by atoms with Gasteiger partial charge in [-0.1, -0.05) is 18.2 Å². The van der Waals surface area contributed by atoms with Crippen molar-refractivity contribution in [2.75, 3.05) is 11.5 Å². The zero-order valence-corrected chi connectivity index (χ0v) is 10.6. The van der Waals surface area contributed by atoms with Crippen LogP contribution >= 0.6 is 0 Å². The van der Waals surface area contributed by atoms with Crippen LogP contribution in [0, 0.1) is 0 Å². The van der Waals surface area contributed by atoms with Gasteiger partial charge in [0.05, 0.1) is 11.5 Å². The van der Waals surface area contributed by atoms with E-state index in [1.807, 2.05) is 0 Å². The summed E-state index contributed by atoms with van der Waals surface area (Å²) in [5.74, 6) is -0.228. The van der Waals surface area contributed by atoms with Gasteiger partial charge in [0.25, 0.3) is 0 Å². The maximum absolute atomic E-state index is 11.8. The van der Waals surface area contributed by atoms with Crippen LogP contribution in [0.5, 0.6) is 5.75 Å². The van der Waals surface area contributed by atoms with E-state index in [4.69, 9.17) is 4.18 Å². The van der Waals surface area contributed by atoms with Gasteiger partial charge in [-0.05, 0) is 18.6 Å². The quantitative estimate of drug-likeness (QED) is 0.755. The second-order valence-electron chi connectivity index (χ2n) is 3.91. The topological polar surface area (TPSA) is 77.5 Å². The van der Waals surface area contributed by atoms with E-state index in [2.05, 4.69) is 0 Å². The van der Waals surface area contributed by atoms with Gasteiger partial charge in [0.1, 0.15) is 11.0 Å². The Balaban J connectivity index is 2.16. The molecular formula is C10H12O5S2. The molecule has 1 aliphatic rings. The molecule has 1 aromatic carbocycles. The fraction of sp³-hybridized carbons (Fsp3) is 0.400. The first-order valence-electron chi connectivity index (χ1n) is 5.08. The fourth-order valence-electron chi connectivity index (χ4n) is 1.67. The van der Waals surface area contributed by atoms with E-state index < -0.39 is 25.2 Å². The molecule has 0 saturated carbocycles. The number of hydrogen-bond donors (Lipinski definition) is 0. The second-order valence-corrected chi connectivity index (χ2v) is 7.96. The highest BCUT2D eigenvalue weighted by Crippen LogP contribution is 2.22. The third-order valence-corrected chi connectivity index (χ3v) is 6.18. The predicted octanol–water partition coefficient (Wildman–Crippen LogP) is 0.582. The average molecular weight is 276 g/mol. The first kappa shape index (κ1) is 12.4. The minimum atomic E-state index is -3.86. The summed E-state index contributed by atoms with van der Waals surface area (Å²) >= 11 is 0. The Morgan fingerprint density at radius 2 is 1.82 bits per heavy atom. The number of rotatable bonds is 3. The lowest BCUT2D eigenvalue weighted by Gasteiger charge is -2.10. The van der Waals surface area contributed by atoms with Gasteiger partial charge in [-0.15, -0.1) is 0 Å². The minimum absolute atomic E-state index is 0.0882. The summed E-state index contributed by atoms with van der Waals surface area (Å²) in [6.45, 7) is 0. The number of benzene rings is 1. The van der Waals surface area contributed by atoms with Gasteiger partial charge in [0.2, 0.25) is 0 Å². The van der Waals surface area contributed by atoms with E-state index in [0.29, 0.717) is 0 Å². The maximum atomic E-state index is 11.8. The molecule has 94 valence electrons. The van der Waals surface area contributed by atoms with E-state index in [0.717, 1.165) is 0 Å². The maximum Gasteiger partial charge on any atom is 0.313 e. The lowest BCUT2D eigenvalue weighted by Crippen LogP contribution is -2.27. The molecule has 5 nitrogen and oxygen atoms in total. The molecule has 1 aromatic rings. The Kier molecular flexibility index (Phi) is 3.13. The summed E-state index contributed by atoms with van der Waals surface area (Å²) < 4.78 is 50.9. The van der Waals surface area contributed by atoms with Crippen molar-refractivity contribution < 1.29 is 21.0 Å². The lowest BCUT2D eigenvalue weighted by molar-refractivity contribution is 0.474. The van der Waals surface area contributed by atoms with Crippen LogP contribution in [0.1, 0.15) is 6.42 Å². The zero-order chi connectivity index (χ0) is 12.5. The van der Waals surface area contributed by atoms with Crippen molar-refractivity contribution in [3.05, 3.63) is 30.3 Å². The molecule has 1 atom stereocenters. The predicted molar refractivity (Wildman–Crippen MR) is 63.0 cm³/mol. The molecule has 1 saturated heterocycles. The average Bonchev–Trinajstić information content (AvgIpc) is 2.60. The molecule has 7 heteroatoms. The molecule has 0 bridgehead atoms. The molecule has 0 amide bonds. The van der Waals surface area contributed by atoms with Gasteiger partial charge in [-0.3, -0.25) is 0 Å². The second kappa shape index (κ2) is 4.30. The molecule has 17 heavy (non-hydrogen) atoms. The molecule has 0 radical (unpaired) electrons. The molecule has 0 aromatic heterocycles. The van der Waals surface area contributed by atoms with E-state index in [9.17, 15) is 16.8 Å². The smallest absolute Gasteiger partial charge is 0.313 e. The molecule has 1 aliphatic heterocycles. The van der Waals surface area contributed by atoms with Gasteiger partial charge in [0, 0.05) is 0 Å². The summed E-state index contributed by atoms with van der Waals surface area (Å²) in [5.41, 5.74) is 0. The molecular weight excluding hydrogens is 264 g/mol. The van der Waals surface area contributed by atoms with Crippen LogP contribution < -0.4 is 4.18 Å². The molecule has 1 fully saturated rings. The zero-order valence-electron chi connectivity index (χ0n) is 8.94. The van der Waals surface area contributed by atoms with Gasteiger partial charge >= 0.3 is 10.1 Å². The standard InChI is InChI=1S/C10H12O5S2/c11-16(12)7-6-10(8-16)17(13,14)15-9-4-2-1-3-5-9/h1-5,10H,6-8H2/t10-/m0/s1. The Morgan fingerprint density at radius 3 is 2.35 bits per heavy atom. The first-order chi connectivity index (χ1) is 7.89. The summed E-state index contributed by atoms with van der Waals surface area (Å²) in [4.78, 5) is 0. The highest BCUT2D eigenvalue weighted by molar-refractivity contribution is 7.94. The van der Waals surface area contributed by atoms with Crippen molar-refractivity contribution in [1.29, 1.82) is 0 Å².